The number of nitro benzene ring substituents is 1. The largest absolute Gasteiger partial charge is 0.493 e. The molecule has 0 heterocycles. The molecule has 120 valence electrons. The number of nitro groups is 1. The molecule has 0 aliphatic carbocycles. The number of non-ortho nitro benzene ring substituents is 1. The average Bonchev–Trinajstić information content (AvgIpc) is 2.59. The Morgan fingerprint density at radius 3 is 2.39 bits per heavy atom. The van der Waals surface area contributed by atoms with E-state index in [9.17, 15) is 14.9 Å². The molecule has 0 spiro atoms. The molecule has 0 radical (unpaired) electrons. The Bertz CT molecular complexity index is 713. The highest BCUT2D eigenvalue weighted by atomic mass is 16.6. The van der Waals surface area contributed by atoms with Gasteiger partial charge >= 0.3 is 0 Å². The number of carbonyl (C=O) groups excluding carboxylic acids is 1. The van der Waals surface area contributed by atoms with Crippen LogP contribution in [-0.4, -0.2) is 25.1 Å². The summed E-state index contributed by atoms with van der Waals surface area (Å²) in [6.45, 7) is 0.246. The van der Waals surface area contributed by atoms with E-state index in [0.29, 0.717) is 17.1 Å². The summed E-state index contributed by atoms with van der Waals surface area (Å²) in [7, 11) is 3.07. The average molecular weight is 316 g/mol. The van der Waals surface area contributed by atoms with Crippen LogP contribution in [0.3, 0.4) is 0 Å². The zero-order valence-electron chi connectivity index (χ0n) is 12.7. The summed E-state index contributed by atoms with van der Waals surface area (Å²) < 4.78 is 10.5. The number of nitrogens with one attached hydrogen (secondary N) is 1. The molecule has 7 heteroatoms. The Kier molecular flexibility index (Phi) is 5.14. The van der Waals surface area contributed by atoms with Crippen molar-refractivity contribution in [1.29, 1.82) is 0 Å². The maximum absolute atomic E-state index is 12.1. The lowest BCUT2D eigenvalue weighted by molar-refractivity contribution is -0.384. The predicted octanol–water partition coefficient (Wildman–Crippen LogP) is 2.54. The van der Waals surface area contributed by atoms with Crippen molar-refractivity contribution in [3.8, 4) is 11.5 Å². The molecule has 0 saturated heterocycles. The van der Waals surface area contributed by atoms with Gasteiger partial charge in [-0.25, -0.2) is 0 Å². The van der Waals surface area contributed by atoms with Gasteiger partial charge in [-0.1, -0.05) is 12.1 Å². The topological polar surface area (TPSA) is 90.7 Å². The van der Waals surface area contributed by atoms with E-state index in [4.69, 9.17) is 9.47 Å². The quantitative estimate of drug-likeness (QED) is 0.653. The molecular formula is C16H16N2O5. The van der Waals surface area contributed by atoms with Crippen molar-refractivity contribution in [1.82, 2.24) is 5.32 Å². The Balaban J connectivity index is 2.08. The Morgan fingerprint density at radius 2 is 1.83 bits per heavy atom. The smallest absolute Gasteiger partial charge is 0.269 e. The highest BCUT2D eigenvalue weighted by Gasteiger charge is 2.12. The molecule has 2 aromatic rings. The zero-order chi connectivity index (χ0) is 16.8. The summed E-state index contributed by atoms with van der Waals surface area (Å²) in [6.07, 6.45) is 0. The van der Waals surface area contributed by atoms with Crippen LogP contribution in [0.15, 0.2) is 42.5 Å². The fourth-order valence-electron chi connectivity index (χ4n) is 2.10. The van der Waals surface area contributed by atoms with Crippen LogP contribution in [0.1, 0.15) is 15.9 Å². The standard InChI is InChI=1S/C16H16N2O5/c1-22-14-5-3-4-12(15(14)23-2)10-17-16(19)11-6-8-13(9-7-11)18(20)21/h3-9H,10H2,1-2H3,(H,17,19). The van der Waals surface area contributed by atoms with E-state index in [2.05, 4.69) is 5.32 Å². The summed E-state index contributed by atoms with van der Waals surface area (Å²) in [5, 5.41) is 13.3. The molecule has 0 atom stereocenters. The van der Waals surface area contributed by atoms with E-state index < -0.39 is 4.92 Å². The van der Waals surface area contributed by atoms with Gasteiger partial charge in [0.05, 0.1) is 19.1 Å². The Morgan fingerprint density at radius 1 is 1.13 bits per heavy atom. The second kappa shape index (κ2) is 7.26. The van der Waals surface area contributed by atoms with Crippen molar-refractivity contribution in [2.75, 3.05) is 14.2 Å². The van der Waals surface area contributed by atoms with Crippen LogP contribution < -0.4 is 14.8 Å². The zero-order valence-corrected chi connectivity index (χ0v) is 12.7. The first-order valence-corrected chi connectivity index (χ1v) is 6.79. The van der Waals surface area contributed by atoms with Crippen LogP contribution in [0.2, 0.25) is 0 Å². The van der Waals surface area contributed by atoms with Crippen LogP contribution in [0.25, 0.3) is 0 Å². The van der Waals surface area contributed by atoms with Crippen molar-refractivity contribution < 1.29 is 19.2 Å². The minimum absolute atomic E-state index is 0.0592. The van der Waals surface area contributed by atoms with Gasteiger partial charge < -0.3 is 14.8 Å². The second-order valence-corrected chi connectivity index (χ2v) is 4.64. The molecule has 0 bridgehead atoms. The fourth-order valence-corrected chi connectivity index (χ4v) is 2.10. The van der Waals surface area contributed by atoms with Crippen molar-refractivity contribution in [3.05, 3.63) is 63.7 Å². The fraction of sp³-hybridized carbons (Fsp3) is 0.188. The molecular weight excluding hydrogens is 300 g/mol. The molecule has 0 aliphatic rings. The number of hydrogen-bond acceptors (Lipinski definition) is 5. The van der Waals surface area contributed by atoms with E-state index in [-0.39, 0.29) is 18.1 Å². The van der Waals surface area contributed by atoms with Crippen LogP contribution in [-0.2, 0) is 6.54 Å². The lowest BCUT2D eigenvalue weighted by Gasteiger charge is -2.13. The van der Waals surface area contributed by atoms with E-state index in [0.717, 1.165) is 5.56 Å². The van der Waals surface area contributed by atoms with Crippen molar-refractivity contribution in [3.63, 3.8) is 0 Å². The summed E-state index contributed by atoms with van der Waals surface area (Å²) in [5.41, 5.74) is 1.05. The first-order valence-electron chi connectivity index (χ1n) is 6.79. The third-order valence-corrected chi connectivity index (χ3v) is 3.26. The normalized spacial score (nSPS) is 10.0. The van der Waals surface area contributed by atoms with Gasteiger partial charge in [0.1, 0.15) is 0 Å². The van der Waals surface area contributed by atoms with E-state index in [1.807, 2.05) is 6.07 Å². The van der Waals surface area contributed by atoms with Crippen LogP contribution in [0.5, 0.6) is 11.5 Å². The molecule has 0 unspecified atom stereocenters. The summed E-state index contributed by atoms with van der Waals surface area (Å²) in [4.78, 5) is 22.2. The summed E-state index contributed by atoms with van der Waals surface area (Å²) in [6, 6.07) is 10.8. The number of carbonyl (C=O) groups is 1. The SMILES string of the molecule is COc1cccc(CNC(=O)c2ccc([N+](=O)[O-])cc2)c1OC. The molecule has 23 heavy (non-hydrogen) atoms. The van der Waals surface area contributed by atoms with Crippen molar-refractivity contribution in [2.24, 2.45) is 0 Å². The molecule has 0 fully saturated rings. The number of methoxy groups -OCH3 is 2. The van der Waals surface area contributed by atoms with Crippen LogP contribution >= 0.6 is 0 Å². The first kappa shape index (κ1) is 16.3. The third-order valence-electron chi connectivity index (χ3n) is 3.26. The van der Waals surface area contributed by atoms with Gasteiger partial charge in [0.25, 0.3) is 11.6 Å². The minimum Gasteiger partial charge on any atom is -0.493 e. The number of ether oxygens (including phenoxy) is 2. The molecule has 1 amide bonds. The molecule has 1 N–H and O–H groups in total. The van der Waals surface area contributed by atoms with Gasteiger partial charge in [0.15, 0.2) is 11.5 Å². The van der Waals surface area contributed by atoms with Gasteiger partial charge in [-0.2, -0.15) is 0 Å². The highest BCUT2D eigenvalue weighted by Crippen LogP contribution is 2.30. The second-order valence-electron chi connectivity index (χ2n) is 4.64. The number of benzene rings is 2. The molecule has 0 aliphatic heterocycles. The molecule has 7 nitrogen and oxygen atoms in total. The number of amides is 1. The van der Waals surface area contributed by atoms with E-state index >= 15 is 0 Å². The lowest BCUT2D eigenvalue weighted by Crippen LogP contribution is -2.23. The lowest BCUT2D eigenvalue weighted by atomic mass is 10.1. The van der Waals surface area contributed by atoms with Gasteiger partial charge in [-0.3, -0.25) is 14.9 Å². The predicted molar refractivity (Wildman–Crippen MR) is 83.8 cm³/mol. The number of hydrogen-bond donors (Lipinski definition) is 1. The van der Waals surface area contributed by atoms with Gasteiger partial charge in [-0.15, -0.1) is 0 Å². The van der Waals surface area contributed by atoms with E-state index in [1.165, 1.54) is 38.5 Å². The minimum atomic E-state index is -0.511. The molecule has 0 saturated carbocycles. The van der Waals surface area contributed by atoms with Crippen LogP contribution in [0.4, 0.5) is 5.69 Å². The summed E-state index contributed by atoms with van der Waals surface area (Å²) in [5.74, 6) is 0.804. The Hall–Kier alpha value is -3.09. The number of rotatable bonds is 6. The number of nitrogens with zero attached hydrogens (tertiary/aromatic N) is 1. The van der Waals surface area contributed by atoms with Crippen molar-refractivity contribution >= 4 is 11.6 Å². The molecule has 0 aromatic heterocycles. The van der Waals surface area contributed by atoms with Crippen molar-refractivity contribution in [2.45, 2.75) is 6.54 Å². The third kappa shape index (κ3) is 3.76. The first-order chi connectivity index (χ1) is 11.1. The number of para-hydroxylation sites is 1. The highest BCUT2D eigenvalue weighted by molar-refractivity contribution is 5.94. The summed E-state index contributed by atoms with van der Waals surface area (Å²) >= 11 is 0. The van der Waals surface area contributed by atoms with E-state index in [1.54, 1.807) is 12.1 Å². The molecule has 2 rings (SSSR count). The maximum atomic E-state index is 12.1. The molecule has 2 aromatic carbocycles. The van der Waals surface area contributed by atoms with Crippen LogP contribution in [0, 0.1) is 10.1 Å². The maximum Gasteiger partial charge on any atom is 0.269 e. The Labute approximate surface area is 133 Å². The monoisotopic (exact) mass is 316 g/mol. The van der Waals surface area contributed by atoms with Gasteiger partial charge in [0.2, 0.25) is 0 Å². The van der Waals surface area contributed by atoms with Gasteiger partial charge in [-0.05, 0) is 18.2 Å². The van der Waals surface area contributed by atoms with Gasteiger partial charge in [0, 0.05) is 29.8 Å².